The van der Waals surface area contributed by atoms with Crippen LogP contribution in [0.5, 0.6) is 5.75 Å². The summed E-state index contributed by atoms with van der Waals surface area (Å²) >= 11 is 0. The molecule has 2 rings (SSSR count). The smallest absolute Gasteiger partial charge is 0.118 e. The summed E-state index contributed by atoms with van der Waals surface area (Å²) in [5.74, 6) is 0.832. The lowest BCUT2D eigenvalue weighted by Crippen LogP contribution is -2.39. The molecule has 1 aromatic rings. The Labute approximate surface area is 122 Å². The fourth-order valence-corrected chi connectivity index (χ4v) is 2.73. The van der Waals surface area contributed by atoms with Gasteiger partial charge in [0.05, 0.1) is 13.2 Å². The van der Waals surface area contributed by atoms with Crippen LogP contribution in [0, 0.1) is 0 Å². The van der Waals surface area contributed by atoms with Crippen molar-refractivity contribution in [2.24, 2.45) is 0 Å². The van der Waals surface area contributed by atoms with E-state index in [0.29, 0.717) is 6.04 Å². The maximum atomic E-state index is 10.6. The third kappa shape index (κ3) is 3.74. The average molecular weight is 277 g/mol. The molecule has 20 heavy (non-hydrogen) atoms. The Morgan fingerprint density at radius 1 is 1.30 bits per heavy atom. The van der Waals surface area contributed by atoms with E-state index in [1.54, 1.807) is 7.11 Å². The van der Waals surface area contributed by atoms with Crippen LogP contribution in [0.3, 0.4) is 0 Å². The van der Waals surface area contributed by atoms with Gasteiger partial charge in [-0.05, 0) is 50.4 Å². The van der Waals surface area contributed by atoms with Crippen LogP contribution in [0.2, 0.25) is 0 Å². The Morgan fingerprint density at radius 3 is 2.45 bits per heavy atom. The molecule has 1 saturated carbocycles. The van der Waals surface area contributed by atoms with E-state index in [1.807, 2.05) is 24.3 Å². The van der Waals surface area contributed by atoms with Crippen molar-refractivity contribution in [3.8, 4) is 5.75 Å². The largest absolute Gasteiger partial charge is 0.497 e. The molecular formula is C17H27NO2. The molecule has 0 saturated heterocycles. The summed E-state index contributed by atoms with van der Waals surface area (Å²) in [6.45, 7) is 5.45. The van der Waals surface area contributed by atoms with Gasteiger partial charge >= 0.3 is 0 Å². The highest BCUT2D eigenvalue weighted by molar-refractivity contribution is 5.29. The van der Waals surface area contributed by atoms with E-state index < -0.39 is 6.10 Å². The van der Waals surface area contributed by atoms with Crippen LogP contribution in [-0.4, -0.2) is 35.7 Å². The molecule has 0 amide bonds. The summed E-state index contributed by atoms with van der Waals surface area (Å²) in [7, 11) is 1.66. The van der Waals surface area contributed by atoms with Gasteiger partial charge in [-0.15, -0.1) is 0 Å². The van der Waals surface area contributed by atoms with Crippen LogP contribution in [-0.2, 0) is 0 Å². The number of aliphatic hydroxyl groups is 1. The zero-order chi connectivity index (χ0) is 14.5. The first kappa shape index (κ1) is 15.3. The second-order valence-electron chi connectivity index (χ2n) is 5.78. The van der Waals surface area contributed by atoms with Gasteiger partial charge in [-0.1, -0.05) is 25.5 Å². The van der Waals surface area contributed by atoms with Gasteiger partial charge < -0.3 is 9.84 Å². The number of unbranched alkanes of at least 4 members (excludes halogenated alkanes) is 1. The van der Waals surface area contributed by atoms with E-state index in [-0.39, 0.29) is 6.04 Å². The molecule has 2 unspecified atom stereocenters. The van der Waals surface area contributed by atoms with Gasteiger partial charge in [0.1, 0.15) is 5.75 Å². The number of rotatable bonds is 8. The molecule has 2 atom stereocenters. The van der Waals surface area contributed by atoms with E-state index in [2.05, 4.69) is 18.7 Å². The Hall–Kier alpha value is -1.06. The molecular weight excluding hydrogens is 250 g/mol. The van der Waals surface area contributed by atoms with Gasteiger partial charge in [0.2, 0.25) is 0 Å². The van der Waals surface area contributed by atoms with Crippen LogP contribution in [0.1, 0.15) is 51.2 Å². The van der Waals surface area contributed by atoms with Crippen LogP contribution in [0.4, 0.5) is 0 Å². The second kappa shape index (κ2) is 7.09. The number of hydrogen-bond donors (Lipinski definition) is 1. The van der Waals surface area contributed by atoms with Crippen molar-refractivity contribution >= 4 is 0 Å². The predicted molar refractivity (Wildman–Crippen MR) is 82.1 cm³/mol. The summed E-state index contributed by atoms with van der Waals surface area (Å²) in [5.41, 5.74) is 0.973. The summed E-state index contributed by atoms with van der Waals surface area (Å²) in [4.78, 5) is 2.48. The van der Waals surface area contributed by atoms with Crippen molar-refractivity contribution in [3.63, 3.8) is 0 Å². The molecule has 1 aliphatic rings. The lowest BCUT2D eigenvalue weighted by molar-refractivity contribution is 0.0520. The number of ether oxygens (including phenoxy) is 1. The monoisotopic (exact) mass is 277 g/mol. The maximum absolute atomic E-state index is 10.6. The molecule has 1 aliphatic carbocycles. The van der Waals surface area contributed by atoms with Gasteiger partial charge in [0, 0.05) is 12.1 Å². The van der Waals surface area contributed by atoms with E-state index >= 15 is 0 Å². The minimum atomic E-state index is -0.432. The van der Waals surface area contributed by atoms with Gasteiger partial charge in [0.25, 0.3) is 0 Å². The Morgan fingerprint density at radius 2 is 1.95 bits per heavy atom. The molecule has 1 N–H and O–H groups in total. The first-order valence-electron chi connectivity index (χ1n) is 7.75. The van der Waals surface area contributed by atoms with Gasteiger partial charge in [-0.2, -0.15) is 0 Å². The zero-order valence-corrected chi connectivity index (χ0v) is 12.9. The minimum absolute atomic E-state index is 0.169. The molecule has 0 aliphatic heterocycles. The van der Waals surface area contributed by atoms with Crippen LogP contribution in [0.25, 0.3) is 0 Å². The molecule has 1 aromatic carbocycles. The van der Waals surface area contributed by atoms with E-state index in [4.69, 9.17) is 4.74 Å². The summed E-state index contributed by atoms with van der Waals surface area (Å²) in [6.07, 6.45) is 4.54. The molecule has 0 aromatic heterocycles. The lowest BCUT2D eigenvalue weighted by atomic mass is 10.0. The fourth-order valence-electron chi connectivity index (χ4n) is 2.73. The summed E-state index contributed by atoms with van der Waals surface area (Å²) in [6, 6.07) is 8.61. The number of benzene rings is 1. The number of aliphatic hydroxyl groups excluding tert-OH is 1. The summed E-state index contributed by atoms with van der Waals surface area (Å²) in [5, 5.41) is 10.6. The quantitative estimate of drug-likeness (QED) is 0.790. The predicted octanol–water partition coefficient (Wildman–Crippen LogP) is 3.38. The highest BCUT2D eigenvalue weighted by Gasteiger charge is 2.34. The Balaban J connectivity index is 2.02. The fraction of sp³-hybridized carbons (Fsp3) is 0.647. The lowest BCUT2D eigenvalue weighted by Gasteiger charge is -2.32. The van der Waals surface area contributed by atoms with Crippen molar-refractivity contribution in [3.05, 3.63) is 29.8 Å². The van der Waals surface area contributed by atoms with Crippen LogP contribution in [0.15, 0.2) is 24.3 Å². The van der Waals surface area contributed by atoms with Gasteiger partial charge in [0.15, 0.2) is 0 Å². The zero-order valence-electron chi connectivity index (χ0n) is 12.9. The van der Waals surface area contributed by atoms with Crippen molar-refractivity contribution in [2.45, 2.75) is 57.7 Å². The van der Waals surface area contributed by atoms with Crippen LogP contribution < -0.4 is 4.74 Å². The third-order valence-electron chi connectivity index (χ3n) is 4.22. The molecule has 0 spiro atoms. The third-order valence-corrected chi connectivity index (χ3v) is 4.22. The minimum Gasteiger partial charge on any atom is -0.497 e. The first-order chi connectivity index (χ1) is 9.67. The number of nitrogens with zero attached hydrogens (tertiary/aromatic N) is 1. The molecule has 1 fully saturated rings. The summed E-state index contributed by atoms with van der Waals surface area (Å²) < 4.78 is 5.17. The van der Waals surface area contributed by atoms with Crippen molar-refractivity contribution in [1.29, 1.82) is 0 Å². The van der Waals surface area contributed by atoms with Gasteiger partial charge in [-0.25, -0.2) is 0 Å². The van der Waals surface area contributed by atoms with Crippen molar-refractivity contribution < 1.29 is 9.84 Å². The molecule has 0 bridgehead atoms. The van der Waals surface area contributed by atoms with Gasteiger partial charge in [-0.3, -0.25) is 4.90 Å². The second-order valence-corrected chi connectivity index (χ2v) is 5.78. The van der Waals surface area contributed by atoms with E-state index in [0.717, 1.165) is 17.9 Å². The number of hydrogen-bond acceptors (Lipinski definition) is 3. The Kier molecular flexibility index (Phi) is 5.44. The molecule has 3 nitrogen and oxygen atoms in total. The topological polar surface area (TPSA) is 32.7 Å². The van der Waals surface area contributed by atoms with Crippen LogP contribution >= 0.6 is 0 Å². The van der Waals surface area contributed by atoms with Crippen molar-refractivity contribution in [1.82, 2.24) is 4.90 Å². The molecule has 0 radical (unpaired) electrons. The standard InChI is InChI=1S/C17H27NO2/c1-4-5-12-18(15-8-9-15)13(2)17(19)14-6-10-16(20-3)11-7-14/h6-7,10-11,13,15,17,19H,4-5,8-9,12H2,1-3H3. The SMILES string of the molecule is CCCCN(C1CC1)C(C)C(O)c1ccc(OC)cc1. The highest BCUT2D eigenvalue weighted by Crippen LogP contribution is 2.33. The Bertz CT molecular complexity index is 400. The highest BCUT2D eigenvalue weighted by atomic mass is 16.5. The van der Waals surface area contributed by atoms with Crippen molar-refractivity contribution in [2.75, 3.05) is 13.7 Å². The molecule has 112 valence electrons. The van der Waals surface area contributed by atoms with E-state index in [1.165, 1.54) is 25.7 Å². The molecule has 3 heteroatoms. The molecule has 0 heterocycles. The maximum Gasteiger partial charge on any atom is 0.118 e. The normalized spacial score (nSPS) is 18.1. The first-order valence-corrected chi connectivity index (χ1v) is 7.75. The number of methoxy groups -OCH3 is 1. The average Bonchev–Trinajstić information content (AvgIpc) is 3.31. The van der Waals surface area contributed by atoms with E-state index in [9.17, 15) is 5.11 Å².